The molecule has 1 aliphatic rings. The van der Waals surface area contributed by atoms with Crippen LogP contribution in [0, 0.1) is 17.7 Å². The normalized spacial score (nSPS) is 20.4. The maximum absolute atomic E-state index is 13.7. The zero-order valence-electron chi connectivity index (χ0n) is 13.1. The zero-order valence-corrected chi connectivity index (χ0v) is 13.1. The average Bonchev–Trinajstić information content (AvgIpc) is 2.96. The average molecular weight is 364 g/mol. The number of anilines is 1. The zero-order chi connectivity index (χ0) is 18.8. The number of amides is 2. The third-order valence-corrected chi connectivity index (χ3v) is 3.83. The van der Waals surface area contributed by atoms with Crippen molar-refractivity contribution in [1.29, 1.82) is 0 Å². The summed E-state index contributed by atoms with van der Waals surface area (Å²) in [5, 5.41) is 11.2. The van der Waals surface area contributed by atoms with Gasteiger partial charge in [0.15, 0.2) is 11.6 Å². The minimum atomic E-state index is -4.73. The van der Waals surface area contributed by atoms with Gasteiger partial charge in [0.05, 0.1) is 18.4 Å². The summed E-state index contributed by atoms with van der Waals surface area (Å²) in [5.41, 5.74) is 0.0216. The molecule has 2 amide bonds. The molecule has 1 heterocycles. The van der Waals surface area contributed by atoms with E-state index in [0.717, 1.165) is 11.0 Å². The van der Waals surface area contributed by atoms with Crippen molar-refractivity contribution in [2.45, 2.75) is 13.1 Å². The van der Waals surface area contributed by atoms with Crippen LogP contribution in [0.1, 0.15) is 6.92 Å². The minimum absolute atomic E-state index is 0.0216. The number of carbonyl (C=O) groups excluding carboxylic acids is 1. The fourth-order valence-electron chi connectivity index (χ4n) is 2.61. The van der Waals surface area contributed by atoms with E-state index in [-0.39, 0.29) is 18.0 Å². The van der Waals surface area contributed by atoms with Gasteiger partial charge < -0.3 is 20.1 Å². The maximum atomic E-state index is 13.7. The van der Waals surface area contributed by atoms with Crippen LogP contribution in [0.3, 0.4) is 0 Å². The lowest BCUT2D eigenvalue weighted by Crippen LogP contribution is -2.35. The number of nitrogens with zero attached hydrogens (tertiary/aromatic N) is 1. The van der Waals surface area contributed by atoms with E-state index in [9.17, 15) is 27.2 Å². The first kappa shape index (κ1) is 18.8. The molecule has 1 fully saturated rings. The van der Waals surface area contributed by atoms with Gasteiger partial charge in [0, 0.05) is 24.8 Å². The highest BCUT2D eigenvalue weighted by atomic mass is 19.4. The predicted octanol–water partition coefficient (Wildman–Crippen LogP) is 2.95. The van der Waals surface area contributed by atoms with E-state index in [1.807, 2.05) is 0 Å². The molecule has 0 aromatic heterocycles. The van der Waals surface area contributed by atoms with Crippen LogP contribution in [0.4, 0.5) is 28.0 Å². The molecular formula is C15H16F4N2O4. The van der Waals surface area contributed by atoms with Crippen molar-refractivity contribution in [2.75, 3.05) is 25.0 Å². The van der Waals surface area contributed by atoms with Crippen LogP contribution in [0.5, 0.6) is 5.75 Å². The molecule has 0 spiro atoms. The predicted molar refractivity (Wildman–Crippen MR) is 78.8 cm³/mol. The fraction of sp³-hybridized carbons (Fsp3) is 0.467. The highest BCUT2D eigenvalue weighted by Gasteiger charge is 2.53. The molecule has 1 aromatic carbocycles. The lowest BCUT2D eigenvalue weighted by atomic mass is 9.96. The first-order valence-electron chi connectivity index (χ1n) is 7.41. The van der Waals surface area contributed by atoms with Crippen LogP contribution in [0.15, 0.2) is 18.2 Å². The fourth-order valence-corrected chi connectivity index (χ4v) is 2.61. The number of likely N-dealkylation sites (tertiary alicyclic amines) is 1. The largest absolute Gasteiger partial charge is 0.491 e. The summed E-state index contributed by atoms with van der Waals surface area (Å²) in [4.78, 5) is 23.8. The summed E-state index contributed by atoms with van der Waals surface area (Å²) in [6, 6.07) is 2.64. The van der Waals surface area contributed by atoms with Gasteiger partial charge in [0.1, 0.15) is 0 Å². The first-order chi connectivity index (χ1) is 11.6. The smallest absolute Gasteiger partial charge is 0.394 e. The van der Waals surface area contributed by atoms with Crippen LogP contribution in [0.2, 0.25) is 0 Å². The summed E-state index contributed by atoms with van der Waals surface area (Å²) in [6.45, 7) is 0.556. The number of ether oxygens (including phenoxy) is 1. The lowest BCUT2D eigenvalue weighted by molar-refractivity contribution is -0.187. The number of alkyl halides is 3. The van der Waals surface area contributed by atoms with Crippen molar-refractivity contribution < 1.29 is 37.0 Å². The van der Waals surface area contributed by atoms with Crippen molar-refractivity contribution in [3.05, 3.63) is 24.0 Å². The summed E-state index contributed by atoms with van der Waals surface area (Å²) >= 11 is 0. The van der Waals surface area contributed by atoms with E-state index in [1.165, 1.54) is 12.1 Å². The Morgan fingerprint density at radius 2 is 2.04 bits per heavy atom. The van der Waals surface area contributed by atoms with Gasteiger partial charge in [-0.1, -0.05) is 0 Å². The molecule has 0 aliphatic carbocycles. The molecule has 6 nitrogen and oxygen atoms in total. The van der Waals surface area contributed by atoms with Crippen molar-refractivity contribution >= 4 is 17.7 Å². The van der Waals surface area contributed by atoms with Crippen molar-refractivity contribution in [3.63, 3.8) is 0 Å². The molecule has 1 saturated heterocycles. The van der Waals surface area contributed by atoms with Gasteiger partial charge in [-0.25, -0.2) is 9.18 Å². The Labute approximate surface area is 140 Å². The highest BCUT2D eigenvalue weighted by Crippen LogP contribution is 2.38. The quantitative estimate of drug-likeness (QED) is 0.806. The molecule has 0 radical (unpaired) electrons. The van der Waals surface area contributed by atoms with E-state index < -0.39 is 48.9 Å². The molecule has 138 valence electrons. The molecule has 25 heavy (non-hydrogen) atoms. The number of benzene rings is 1. The van der Waals surface area contributed by atoms with Crippen molar-refractivity contribution in [3.8, 4) is 5.75 Å². The number of carboxylic acids is 1. The third-order valence-electron chi connectivity index (χ3n) is 3.83. The maximum Gasteiger partial charge on any atom is 0.394 e. The minimum Gasteiger partial charge on any atom is -0.491 e. The van der Waals surface area contributed by atoms with Crippen molar-refractivity contribution in [2.24, 2.45) is 11.8 Å². The number of aliphatic carboxylic acids is 1. The lowest BCUT2D eigenvalue weighted by Gasteiger charge is -2.19. The number of urea groups is 1. The van der Waals surface area contributed by atoms with Gasteiger partial charge >= 0.3 is 18.2 Å². The number of rotatable bonds is 4. The van der Waals surface area contributed by atoms with Crippen LogP contribution in [-0.2, 0) is 4.79 Å². The van der Waals surface area contributed by atoms with E-state index in [0.29, 0.717) is 0 Å². The van der Waals surface area contributed by atoms with E-state index in [2.05, 4.69) is 5.32 Å². The van der Waals surface area contributed by atoms with E-state index in [4.69, 9.17) is 9.84 Å². The number of hydrogen-bond donors (Lipinski definition) is 2. The molecule has 2 atom stereocenters. The molecule has 2 rings (SSSR count). The first-order valence-corrected chi connectivity index (χ1v) is 7.41. The van der Waals surface area contributed by atoms with Crippen LogP contribution in [-0.4, -0.2) is 47.9 Å². The van der Waals surface area contributed by atoms with Crippen LogP contribution in [0.25, 0.3) is 0 Å². The number of carbonyl (C=O) groups is 2. The van der Waals surface area contributed by atoms with Gasteiger partial charge in [0.25, 0.3) is 0 Å². The Morgan fingerprint density at radius 3 is 2.52 bits per heavy atom. The SMILES string of the molecule is CCOc1ccc(NC(=O)N2C[C@@H](C(F)(F)F)[C@H](C(=O)O)C2)cc1F. The summed E-state index contributed by atoms with van der Waals surface area (Å²) in [6.07, 6.45) is -4.73. The molecule has 0 saturated carbocycles. The second kappa shape index (κ2) is 7.16. The molecular weight excluding hydrogens is 348 g/mol. The Kier molecular flexibility index (Phi) is 5.39. The Hall–Kier alpha value is -2.52. The second-order valence-corrected chi connectivity index (χ2v) is 5.51. The van der Waals surface area contributed by atoms with Crippen LogP contribution < -0.4 is 10.1 Å². The van der Waals surface area contributed by atoms with Crippen molar-refractivity contribution in [1.82, 2.24) is 4.90 Å². The summed E-state index contributed by atoms with van der Waals surface area (Å²) < 4.78 is 57.5. The number of halogens is 4. The Bertz CT molecular complexity index is 665. The monoisotopic (exact) mass is 364 g/mol. The van der Waals surface area contributed by atoms with E-state index in [1.54, 1.807) is 6.92 Å². The van der Waals surface area contributed by atoms with Gasteiger partial charge in [-0.2, -0.15) is 13.2 Å². The Morgan fingerprint density at radius 1 is 1.36 bits per heavy atom. The van der Waals surface area contributed by atoms with E-state index >= 15 is 0 Å². The van der Waals surface area contributed by atoms with Gasteiger partial charge in [-0.3, -0.25) is 4.79 Å². The highest BCUT2D eigenvalue weighted by molar-refractivity contribution is 5.90. The Balaban J connectivity index is 2.08. The molecule has 2 N–H and O–H groups in total. The third kappa shape index (κ3) is 4.31. The summed E-state index contributed by atoms with van der Waals surface area (Å²) in [5.74, 6) is -6.26. The molecule has 10 heteroatoms. The van der Waals surface area contributed by atoms with Gasteiger partial charge in [-0.15, -0.1) is 0 Å². The number of carboxylic acid groups (broad SMARTS) is 1. The summed E-state index contributed by atoms with van der Waals surface area (Å²) in [7, 11) is 0. The number of nitrogens with one attached hydrogen (secondary N) is 1. The molecule has 0 bridgehead atoms. The molecule has 1 aromatic rings. The molecule has 0 unspecified atom stereocenters. The van der Waals surface area contributed by atoms with Gasteiger partial charge in [0.2, 0.25) is 0 Å². The standard InChI is InChI=1S/C15H16F4N2O4/c1-2-25-12-4-3-8(5-11(12)16)20-14(24)21-6-9(13(22)23)10(7-21)15(17,18)19/h3-5,9-10H,2,6-7H2,1H3,(H,20,24)(H,22,23)/t9-,10-/m1/s1. The second-order valence-electron chi connectivity index (χ2n) is 5.51. The number of hydrogen-bond acceptors (Lipinski definition) is 3. The van der Waals surface area contributed by atoms with Gasteiger partial charge in [-0.05, 0) is 19.1 Å². The topological polar surface area (TPSA) is 78.9 Å². The molecule has 1 aliphatic heterocycles. The van der Waals surface area contributed by atoms with Crippen LogP contribution >= 0.6 is 0 Å².